The molecule has 3 nitrogen and oxygen atoms in total. The minimum absolute atomic E-state index is 0.0448. The number of nitrogens with two attached hydrogens (primary N) is 1. The summed E-state index contributed by atoms with van der Waals surface area (Å²) in [5.41, 5.74) is 9.24. The summed E-state index contributed by atoms with van der Waals surface area (Å²) in [4.78, 5) is 11.9. The van der Waals surface area contributed by atoms with Crippen LogP contribution in [0.25, 0.3) is 0 Å². The minimum Gasteiger partial charge on any atom is -0.350 e. The molecule has 0 spiro atoms. The van der Waals surface area contributed by atoms with E-state index in [0.717, 1.165) is 12.0 Å². The number of rotatable bonds is 4. The van der Waals surface area contributed by atoms with Crippen LogP contribution < -0.4 is 11.1 Å². The zero-order valence-electron chi connectivity index (χ0n) is 11.3. The average molecular weight is 246 g/mol. The lowest BCUT2D eigenvalue weighted by molar-refractivity contribution is -0.121. The van der Waals surface area contributed by atoms with Crippen molar-refractivity contribution in [1.29, 1.82) is 0 Å². The first-order chi connectivity index (χ1) is 8.50. The van der Waals surface area contributed by atoms with Gasteiger partial charge in [0.15, 0.2) is 0 Å². The Hall–Kier alpha value is -1.35. The highest BCUT2D eigenvalue weighted by molar-refractivity contribution is 5.79. The molecule has 98 valence electrons. The summed E-state index contributed by atoms with van der Waals surface area (Å²) in [5.74, 6) is 0.0448. The standard InChI is InChI=1S/C15H22N2O/c1-15(2,10-16)17-14(18)9-11-6-7-12-4-3-5-13(12)8-11/h6-8H,3-5,9-10,16H2,1-2H3,(H,17,18). The van der Waals surface area contributed by atoms with Crippen LogP contribution in [0.2, 0.25) is 0 Å². The van der Waals surface area contributed by atoms with Gasteiger partial charge in [-0.3, -0.25) is 4.79 Å². The van der Waals surface area contributed by atoms with Gasteiger partial charge >= 0.3 is 0 Å². The summed E-state index contributed by atoms with van der Waals surface area (Å²) in [5, 5.41) is 2.96. The fourth-order valence-electron chi connectivity index (χ4n) is 2.39. The van der Waals surface area contributed by atoms with Gasteiger partial charge in [0.2, 0.25) is 5.91 Å². The highest BCUT2D eigenvalue weighted by Gasteiger charge is 2.18. The van der Waals surface area contributed by atoms with Crippen LogP contribution in [0.15, 0.2) is 18.2 Å². The van der Waals surface area contributed by atoms with E-state index in [4.69, 9.17) is 5.73 Å². The lowest BCUT2D eigenvalue weighted by Gasteiger charge is -2.24. The van der Waals surface area contributed by atoms with Gasteiger partial charge in [-0.15, -0.1) is 0 Å². The van der Waals surface area contributed by atoms with Crippen molar-refractivity contribution in [2.45, 2.75) is 45.1 Å². The Balaban J connectivity index is 1.99. The maximum atomic E-state index is 11.9. The molecule has 0 atom stereocenters. The van der Waals surface area contributed by atoms with Crippen molar-refractivity contribution in [3.63, 3.8) is 0 Å². The predicted molar refractivity (Wildman–Crippen MR) is 73.4 cm³/mol. The van der Waals surface area contributed by atoms with E-state index in [1.54, 1.807) is 0 Å². The number of carbonyl (C=O) groups excluding carboxylic acids is 1. The number of hydrogen-bond donors (Lipinski definition) is 2. The number of hydrogen-bond acceptors (Lipinski definition) is 2. The topological polar surface area (TPSA) is 55.1 Å². The maximum Gasteiger partial charge on any atom is 0.224 e. The van der Waals surface area contributed by atoms with Gasteiger partial charge in [-0.1, -0.05) is 18.2 Å². The fourth-order valence-corrected chi connectivity index (χ4v) is 2.39. The van der Waals surface area contributed by atoms with Gasteiger partial charge in [0, 0.05) is 12.1 Å². The van der Waals surface area contributed by atoms with E-state index in [-0.39, 0.29) is 11.4 Å². The second kappa shape index (κ2) is 5.11. The first-order valence-corrected chi connectivity index (χ1v) is 6.62. The van der Waals surface area contributed by atoms with E-state index in [9.17, 15) is 4.79 Å². The SMILES string of the molecule is CC(C)(CN)NC(=O)Cc1ccc2c(c1)CCC2. The van der Waals surface area contributed by atoms with Crippen LogP contribution in [0.3, 0.4) is 0 Å². The largest absolute Gasteiger partial charge is 0.350 e. The maximum absolute atomic E-state index is 11.9. The lowest BCUT2D eigenvalue weighted by atomic mass is 10.0. The van der Waals surface area contributed by atoms with Crippen molar-refractivity contribution >= 4 is 5.91 Å². The van der Waals surface area contributed by atoms with Gasteiger partial charge in [-0.2, -0.15) is 0 Å². The predicted octanol–water partition coefficient (Wildman–Crippen LogP) is 1.57. The Morgan fingerprint density at radius 1 is 1.33 bits per heavy atom. The molecule has 3 heteroatoms. The molecule has 0 aliphatic heterocycles. The van der Waals surface area contributed by atoms with Crippen molar-refractivity contribution in [2.24, 2.45) is 5.73 Å². The molecule has 0 saturated carbocycles. The van der Waals surface area contributed by atoms with Crippen LogP contribution in [-0.2, 0) is 24.1 Å². The van der Waals surface area contributed by atoms with Gasteiger partial charge in [-0.25, -0.2) is 0 Å². The first-order valence-electron chi connectivity index (χ1n) is 6.62. The monoisotopic (exact) mass is 246 g/mol. The molecule has 1 amide bonds. The highest BCUT2D eigenvalue weighted by Crippen LogP contribution is 2.23. The third-order valence-corrected chi connectivity index (χ3v) is 3.52. The zero-order valence-corrected chi connectivity index (χ0v) is 11.3. The van der Waals surface area contributed by atoms with Gasteiger partial charge in [-0.05, 0) is 49.8 Å². The Morgan fingerprint density at radius 2 is 2.06 bits per heavy atom. The number of nitrogens with one attached hydrogen (secondary N) is 1. The second-order valence-electron chi connectivity index (χ2n) is 5.77. The van der Waals surface area contributed by atoms with E-state index < -0.39 is 0 Å². The van der Waals surface area contributed by atoms with Gasteiger partial charge in [0.25, 0.3) is 0 Å². The Labute approximate surface area is 109 Å². The first kappa shape index (κ1) is 13.1. The Bertz CT molecular complexity index is 452. The molecule has 0 aromatic heterocycles. The fraction of sp³-hybridized carbons (Fsp3) is 0.533. The molecule has 1 aliphatic rings. The smallest absolute Gasteiger partial charge is 0.224 e. The minimum atomic E-state index is -0.326. The number of benzene rings is 1. The molecular formula is C15H22N2O. The van der Waals surface area contributed by atoms with Gasteiger partial charge in [0.1, 0.15) is 0 Å². The average Bonchev–Trinajstić information content (AvgIpc) is 2.75. The number of carbonyl (C=O) groups is 1. The molecule has 0 unspecified atom stereocenters. The van der Waals surface area contributed by atoms with Crippen molar-refractivity contribution < 1.29 is 4.79 Å². The quantitative estimate of drug-likeness (QED) is 0.847. The van der Waals surface area contributed by atoms with Crippen LogP contribution in [0.4, 0.5) is 0 Å². The summed E-state index contributed by atoms with van der Waals surface area (Å²) < 4.78 is 0. The molecule has 2 rings (SSSR count). The third kappa shape index (κ3) is 3.10. The molecule has 0 heterocycles. The molecule has 18 heavy (non-hydrogen) atoms. The van der Waals surface area contributed by atoms with Crippen molar-refractivity contribution in [1.82, 2.24) is 5.32 Å². The Kier molecular flexibility index (Phi) is 3.71. The molecule has 0 radical (unpaired) electrons. The van der Waals surface area contributed by atoms with Gasteiger partial charge < -0.3 is 11.1 Å². The van der Waals surface area contributed by atoms with E-state index >= 15 is 0 Å². The number of fused-ring (bicyclic) bond motifs is 1. The van der Waals surface area contributed by atoms with Crippen molar-refractivity contribution in [2.75, 3.05) is 6.54 Å². The second-order valence-corrected chi connectivity index (χ2v) is 5.77. The van der Waals surface area contributed by atoms with E-state index in [0.29, 0.717) is 13.0 Å². The van der Waals surface area contributed by atoms with E-state index in [2.05, 4.69) is 23.5 Å². The molecular weight excluding hydrogens is 224 g/mol. The van der Waals surface area contributed by atoms with Crippen LogP contribution in [-0.4, -0.2) is 18.0 Å². The highest BCUT2D eigenvalue weighted by atomic mass is 16.1. The molecule has 3 N–H and O–H groups in total. The summed E-state index contributed by atoms with van der Waals surface area (Å²) in [6.07, 6.45) is 4.02. The summed E-state index contributed by atoms with van der Waals surface area (Å²) >= 11 is 0. The van der Waals surface area contributed by atoms with Crippen molar-refractivity contribution in [3.05, 3.63) is 34.9 Å². The Morgan fingerprint density at radius 3 is 2.78 bits per heavy atom. The lowest BCUT2D eigenvalue weighted by Crippen LogP contribution is -2.49. The summed E-state index contributed by atoms with van der Waals surface area (Å²) in [6, 6.07) is 6.41. The van der Waals surface area contributed by atoms with E-state index in [1.807, 2.05) is 13.8 Å². The number of amides is 1. The summed E-state index contributed by atoms with van der Waals surface area (Å²) in [7, 11) is 0. The third-order valence-electron chi connectivity index (χ3n) is 3.52. The molecule has 0 fully saturated rings. The molecule has 0 saturated heterocycles. The van der Waals surface area contributed by atoms with Crippen LogP contribution in [0.5, 0.6) is 0 Å². The molecule has 1 aliphatic carbocycles. The molecule has 0 bridgehead atoms. The summed E-state index contributed by atoms with van der Waals surface area (Å²) in [6.45, 7) is 4.32. The molecule has 1 aromatic rings. The van der Waals surface area contributed by atoms with Crippen LogP contribution in [0.1, 0.15) is 37.0 Å². The van der Waals surface area contributed by atoms with Gasteiger partial charge in [0.05, 0.1) is 6.42 Å². The number of aryl methyl sites for hydroxylation is 2. The van der Waals surface area contributed by atoms with Crippen LogP contribution in [0, 0.1) is 0 Å². The molecule has 1 aromatic carbocycles. The van der Waals surface area contributed by atoms with E-state index in [1.165, 1.54) is 24.0 Å². The normalized spacial score (nSPS) is 14.4. The zero-order chi connectivity index (χ0) is 13.2. The van der Waals surface area contributed by atoms with Crippen molar-refractivity contribution in [3.8, 4) is 0 Å². The van der Waals surface area contributed by atoms with Crippen LogP contribution >= 0.6 is 0 Å².